The van der Waals surface area contributed by atoms with E-state index in [1.807, 2.05) is 27.7 Å². The Hall–Kier alpha value is -1.72. The minimum absolute atomic E-state index is 0.0916. The van der Waals surface area contributed by atoms with Gasteiger partial charge in [-0.1, -0.05) is 27.7 Å². The molecule has 0 saturated heterocycles. The van der Waals surface area contributed by atoms with Crippen molar-refractivity contribution in [3.63, 3.8) is 0 Å². The van der Waals surface area contributed by atoms with Crippen LogP contribution in [-0.4, -0.2) is 23.9 Å². The number of rotatable bonds is 7. The molecule has 0 spiro atoms. The van der Waals surface area contributed by atoms with Crippen LogP contribution in [0.3, 0.4) is 0 Å². The van der Waals surface area contributed by atoms with Gasteiger partial charge in [0.05, 0.1) is 12.8 Å². The summed E-state index contributed by atoms with van der Waals surface area (Å²) < 4.78 is 9.02. The van der Waals surface area contributed by atoms with E-state index in [1.165, 1.54) is 0 Å². The molecule has 6 nitrogen and oxygen atoms in total. The summed E-state index contributed by atoms with van der Waals surface area (Å²) in [7, 11) is 0. The van der Waals surface area contributed by atoms with E-state index in [9.17, 15) is 19.2 Å². The van der Waals surface area contributed by atoms with Crippen molar-refractivity contribution in [3.05, 3.63) is 0 Å². The van der Waals surface area contributed by atoms with Gasteiger partial charge in [-0.3, -0.25) is 19.2 Å². The van der Waals surface area contributed by atoms with Crippen LogP contribution in [0.4, 0.5) is 0 Å². The first-order valence-electron chi connectivity index (χ1n) is 6.67. The van der Waals surface area contributed by atoms with E-state index in [0.717, 1.165) is 0 Å². The molecule has 114 valence electrons. The highest BCUT2D eigenvalue weighted by Gasteiger charge is 2.16. The molecule has 6 heteroatoms. The van der Waals surface area contributed by atoms with Crippen molar-refractivity contribution in [1.82, 2.24) is 0 Å². The lowest BCUT2D eigenvalue weighted by Crippen LogP contribution is -2.18. The Morgan fingerprint density at radius 2 is 0.950 bits per heavy atom. The Morgan fingerprint density at radius 3 is 1.20 bits per heavy atom. The number of hydrogen-bond acceptors (Lipinski definition) is 6. The molecule has 20 heavy (non-hydrogen) atoms. The smallest absolute Gasteiger partial charge is 0.314 e. The second-order valence-corrected chi connectivity index (χ2v) is 5.39. The molecule has 0 aromatic heterocycles. The Kier molecular flexibility index (Phi) is 8.43. The summed E-state index contributed by atoms with van der Waals surface area (Å²) in [5, 5.41) is 0. The maximum Gasteiger partial charge on any atom is 0.314 e. The number of hydrogen-bond donors (Lipinski definition) is 0. The largest absolute Gasteiger partial charge is 0.393 e. The fraction of sp³-hybridized carbons (Fsp3) is 0.714. The Balaban J connectivity index is 3.92. The second kappa shape index (κ2) is 9.23. The van der Waals surface area contributed by atoms with Crippen molar-refractivity contribution >= 4 is 23.9 Å². The molecule has 0 amide bonds. The standard InChI is InChI=1S/C14H22O6/c1-9(2)7-13(17)19-11(15)5-6-12(16)20-14(18)8-10(3)4/h9-10H,5-8H2,1-4H3. The van der Waals surface area contributed by atoms with Crippen molar-refractivity contribution in [3.8, 4) is 0 Å². The zero-order valence-electron chi connectivity index (χ0n) is 12.4. The van der Waals surface area contributed by atoms with Crippen LogP contribution >= 0.6 is 0 Å². The van der Waals surface area contributed by atoms with Crippen molar-refractivity contribution in [2.24, 2.45) is 11.8 Å². The molecule has 0 rings (SSSR count). The normalized spacial score (nSPS) is 10.5. The van der Waals surface area contributed by atoms with Crippen molar-refractivity contribution in [2.45, 2.75) is 53.4 Å². The van der Waals surface area contributed by atoms with E-state index >= 15 is 0 Å². The van der Waals surface area contributed by atoms with E-state index < -0.39 is 23.9 Å². The first-order chi connectivity index (χ1) is 9.20. The number of carbonyl (C=O) groups is 4. The van der Waals surface area contributed by atoms with Crippen molar-refractivity contribution in [2.75, 3.05) is 0 Å². The third kappa shape index (κ3) is 10.2. The Labute approximate surface area is 118 Å². The molecule has 0 bridgehead atoms. The molecule has 0 fully saturated rings. The van der Waals surface area contributed by atoms with Gasteiger partial charge in [-0.15, -0.1) is 0 Å². The van der Waals surface area contributed by atoms with E-state index in [0.29, 0.717) is 0 Å². The molecular weight excluding hydrogens is 264 g/mol. The van der Waals surface area contributed by atoms with Gasteiger partial charge in [-0.05, 0) is 11.8 Å². The molecule has 0 unspecified atom stereocenters. The van der Waals surface area contributed by atoms with Crippen LogP contribution < -0.4 is 0 Å². The van der Waals surface area contributed by atoms with Gasteiger partial charge in [0.25, 0.3) is 0 Å². The molecule has 0 N–H and O–H groups in total. The quantitative estimate of drug-likeness (QED) is 0.525. The Bertz CT molecular complexity index is 334. The third-order valence-corrected chi connectivity index (χ3v) is 2.14. The SMILES string of the molecule is CC(C)CC(=O)OC(=O)CCC(=O)OC(=O)CC(C)C. The molecule has 0 saturated carbocycles. The summed E-state index contributed by atoms with van der Waals surface area (Å²) in [6, 6.07) is 0. The van der Waals surface area contributed by atoms with Crippen LogP contribution in [0.25, 0.3) is 0 Å². The van der Waals surface area contributed by atoms with E-state index in [2.05, 4.69) is 9.47 Å². The summed E-state index contributed by atoms with van der Waals surface area (Å²) in [5.41, 5.74) is 0. The van der Waals surface area contributed by atoms with Gasteiger partial charge in [-0.25, -0.2) is 0 Å². The van der Waals surface area contributed by atoms with Crippen LogP contribution in [0.2, 0.25) is 0 Å². The van der Waals surface area contributed by atoms with Crippen LogP contribution in [-0.2, 0) is 28.7 Å². The molecular formula is C14H22O6. The summed E-state index contributed by atoms with van der Waals surface area (Å²) in [6.45, 7) is 7.29. The number of esters is 4. The van der Waals surface area contributed by atoms with Gasteiger partial charge in [-0.2, -0.15) is 0 Å². The molecule has 0 aromatic rings. The van der Waals surface area contributed by atoms with E-state index in [4.69, 9.17) is 0 Å². The number of ether oxygens (including phenoxy) is 2. The first-order valence-corrected chi connectivity index (χ1v) is 6.67. The molecule has 0 radical (unpaired) electrons. The minimum Gasteiger partial charge on any atom is -0.393 e. The predicted octanol–water partition coefficient (Wildman–Crippen LogP) is 2.00. The van der Waals surface area contributed by atoms with Crippen LogP contribution in [0.1, 0.15) is 53.4 Å². The summed E-state index contributed by atoms with van der Waals surface area (Å²) in [6.07, 6.45) is -0.276. The predicted molar refractivity (Wildman–Crippen MR) is 70.3 cm³/mol. The highest BCUT2D eigenvalue weighted by atomic mass is 16.6. The van der Waals surface area contributed by atoms with Crippen molar-refractivity contribution in [1.29, 1.82) is 0 Å². The average molecular weight is 286 g/mol. The molecule has 0 aromatic carbocycles. The highest BCUT2D eigenvalue weighted by Crippen LogP contribution is 2.05. The molecule has 0 aliphatic rings. The highest BCUT2D eigenvalue weighted by molar-refractivity contribution is 5.90. The van der Waals surface area contributed by atoms with Gasteiger partial charge in [0.2, 0.25) is 0 Å². The monoisotopic (exact) mass is 286 g/mol. The Morgan fingerprint density at radius 1 is 0.650 bits per heavy atom. The van der Waals surface area contributed by atoms with E-state index in [-0.39, 0.29) is 37.5 Å². The topological polar surface area (TPSA) is 86.7 Å². The summed E-state index contributed by atoms with van der Waals surface area (Å²) in [4.78, 5) is 44.9. The molecule has 0 aliphatic carbocycles. The van der Waals surface area contributed by atoms with Gasteiger partial charge in [0.1, 0.15) is 0 Å². The van der Waals surface area contributed by atoms with Gasteiger partial charge in [0, 0.05) is 12.8 Å². The summed E-state index contributed by atoms with van der Waals surface area (Å²) in [5.74, 6) is -2.63. The second-order valence-electron chi connectivity index (χ2n) is 5.39. The van der Waals surface area contributed by atoms with Gasteiger partial charge < -0.3 is 9.47 Å². The maximum atomic E-state index is 11.3. The van der Waals surface area contributed by atoms with Crippen LogP contribution in [0, 0.1) is 11.8 Å². The summed E-state index contributed by atoms with van der Waals surface area (Å²) >= 11 is 0. The lowest BCUT2D eigenvalue weighted by Gasteiger charge is -2.06. The maximum absolute atomic E-state index is 11.3. The van der Waals surface area contributed by atoms with E-state index in [1.54, 1.807) is 0 Å². The molecule has 0 aliphatic heterocycles. The fourth-order valence-corrected chi connectivity index (χ4v) is 1.31. The number of carbonyl (C=O) groups excluding carboxylic acids is 4. The van der Waals surface area contributed by atoms with Gasteiger partial charge in [0.15, 0.2) is 0 Å². The van der Waals surface area contributed by atoms with Gasteiger partial charge >= 0.3 is 23.9 Å². The lowest BCUT2D eigenvalue weighted by atomic mass is 10.1. The lowest BCUT2D eigenvalue weighted by molar-refractivity contribution is -0.165. The average Bonchev–Trinajstić information content (AvgIpc) is 2.23. The third-order valence-electron chi connectivity index (χ3n) is 2.14. The zero-order valence-corrected chi connectivity index (χ0v) is 12.4. The first kappa shape index (κ1) is 18.3. The van der Waals surface area contributed by atoms with Crippen molar-refractivity contribution < 1.29 is 28.7 Å². The van der Waals surface area contributed by atoms with Crippen LogP contribution in [0.15, 0.2) is 0 Å². The zero-order chi connectivity index (χ0) is 15.7. The minimum atomic E-state index is -0.788. The molecule has 0 heterocycles. The van der Waals surface area contributed by atoms with Crippen LogP contribution in [0.5, 0.6) is 0 Å². The molecule has 0 atom stereocenters. The fourth-order valence-electron chi connectivity index (χ4n) is 1.31.